The summed E-state index contributed by atoms with van der Waals surface area (Å²) < 4.78 is 6.04. The van der Waals surface area contributed by atoms with E-state index in [1.807, 2.05) is 0 Å². The van der Waals surface area contributed by atoms with Gasteiger partial charge in [-0.05, 0) is 42.2 Å². The van der Waals surface area contributed by atoms with E-state index in [1.54, 1.807) is 0 Å². The first-order valence-corrected chi connectivity index (χ1v) is 10.1. The molecule has 0 aliphatic carbocycles. The predicted octanol–water partition coefficient (Wildman–Crippen LogP) is 6.36. The summed E-state index contributed by atoms with van der Waals surface area (Å²) in [7, 11) is 0. The predicted molar refractivity (Wildman–Crippen MR) is 117 cm³/mol. The van der Waals surface area contributed by atoms with Crippen LogP contribution in [-0.2, 0) is 16.8 Å². The van der Waals surface area contributed by atoms with Gasteiger partial charge in [0.25, 0.3) is 0 Å². The number of hydrogen-bond donors (Lipinski definition) is 0. The summed E-state index contributed by atoms with van der Waals surface area (Å²) in [6.45, 7) is 4.68. The molecule has 2 aromatic carbocycles. The fourth-order valence-corrected chi connectivity index (χ4v) is 4.00. The average molecular weight is 386 g/mol. The lowest BCUT2D eigenvalue weighted by Crippen LogP contribution is -2.37. The Morgan fingerprint density at radius 3 is 2.59 bits per heavy atom. The van der Waals surface area contributed by atoms with Crippen LogP contribution in [0.1, 0.15) is 62.1 Å². The topological polar surface area (TPSA) is 21.6 Å². The Morgan fingerprint density at radius 1 is 1.00 bits per heavy atom. The van der Waals surface area contributed by atoms with Gasteiger partial charge in [0.1, 0.15) is 0 Å². The number of benzene rings is 2. The van der Waals surface area contributed by atoms with Crippen LogP contribution in [0.15, 0.2) is 59.6 Å². The minimum absolute atomic E-state index is 0. The molecule has 0 aromatic heterocycles. The standard InChI is InChI=1S/C24H31NO.ClH/c1-2-3-4-10-17-25-18-11-16-24(22-13-6-5-7-14-22)20-26-19-21-12-8-9-15-23(21)24;/h5-9,12-15,18H,2-4,10-11,16-17,19-20H2,1H3;1H. The van der Waals surface area contributed by atoms with Crippen molar-refractivity contribution in [1.82, 2.24) is 0 Å². The van der Waals surface area contributed by atoms with Crippen LogP contribution in [0, 0.1) is 0 Å². The lowest BCUT2D eigenvalue weighted by molar-refractivity contribution is 0.0628. The number of rotatable bonds is 9. The third-order valence-corrected chi connectivity index (χ3v) is 5.44. The molecule has 1 heterocycles. The molecule has 0 N–H and O–H groups in total. The van der Waals surface area contributed by atoms with Gasteiger partial charge in [0.15, 0.2) is 0 Å². The third-order valence-electron chi connectivity index (χ3n) is 5.44. The van der Waals surface area contributed by atoms with Crippen molar-refractivity contribution >= 4 is 18.6 Å². The second-order valence-corrected chi connectivity index (χ2v) is 7.29. The van der Waals surface area contributed by atoms with Gasteiger partial charge in [-0.2, -0.15) is 0 Å². The highest BCUT2D eigenvalue weighted by atomic mass is 35.5. The molecule has 0 saturated heterocycles. The van der Waals surface area contributed by atoms with E-state index in [1.165, 1.54) is 42.4 Å². The number of hydrogen-bond acceptors (Lipinski definition) is 2. The first-order chi connectivity index (χ1) is 12.9. The second kappa shape index (κ2) is 11.3. The maximum absolute atomic E-state index is 6.04. The van der Waals surface area contributed by atoms with E-state index in [4.69, 9.17) is 4.74 Å². The molecule has 1 aliphatic rings. The van der Waals surface area contributed by atoms with Gasteiger partial charge in [-0.15, -0.1) is 12.4 Å². The van der Waals surface area contributed by atoms with Crippen LogP contribution in [0.3, 0.4) is 0 Å². The van der Waals surface area contributed by atoms with Crippen LogP contribution in [0.25, 0.3) is 0 Å². The van der Waals surface area contributed by atoms with E-state index in [-0.39, 0.29) is 17.8 Å². The number of nitrogens with zero attached hydrogens (tertiary/aromatic N) is 1. The van der Waals surface area contributed by atoms with Crippen molar-refractivity contribution in [3.63, 3.8) is 0 Å². The quantitative estimate of drug-likeness (QED) is 0.363. The number of unbranched alkanes of at least 4 members (excludes halogenated alkanes) is 3. The highest BCUT2D eigenvalue weighted by Gasteiger charge is 2.38. The van der Waals surface area contributed by atoms with Crippen LogP contribution in [0.4, 0.5) is 0 Å². The van der Waals surface area contributed by atoms with Crippen LogP contribution < -0.4 is 0 Å². The molecule has 0 amide bonds. The molecular formula is C24H32ClNO. The molecular weight excluding hydrogens is 354 g/mol. The smallest absolute Gasteiger partial charge is 0.0720 e. The van der Waals surface area contributed by atoms with Gasteiger partial charge in [-0.3, -0.25) is 4.99 Å². The summed E-state index contributed by atoms with van der Waals surface area (Å²) in [5, 5.41) is 0. The minimum Gasteiger partial charge on any atom is -0.375 e. The number of fused-ring (bicyclic) bond motifs is 1. The van der Waals surface area contributed by atoms with E-state index in [9.17, 15) is 0 Å². The molecule has 146 valence electrons. The Morgan fingerprint density at radius 2 is 1.78 bits per heavy atom. The number of halogens is 1. The molecule has 0 saturated carbocycles. The second-order valence-electron chi connectivity index (χ2n) is 7.29. The minimum atomic E-state index is -0.0651. The van der Waals surface area contributed by atoms with E-state index in [0.29, 0.717) is 0 Å². The third kappa shape index (κ3) is 5.43. The molecule has 2 aromatic rings. The fraction of sp³-hybridized carbons (Fsp3) is 0.458. The van der Waals surface area contributed by atoms with Crippen molar-refractivity contribution in [2.24, 2.45) is 4.99 Å². The molecule has 27 heavy (non-hydrogen) atoms. The Kier molecular flexibility index (Phi) is 9.03. The van der Waals surface area contributed by atoms with Gasteiger partial charge < -0.3 is 4.74 Å². The first kappa shape index (κ1) is 21.7. The van der Waals surface area contributed by atoms with Crippen LogP contribution >= 0.6 is 12.4 Å². The summed E-state index contributed by atoms with van der Waals surface area (Å²) >= 11 is 0. The van der Waals surface area contributed by atoms with Gasteiger partial charge in [0.2, 0.25) is 0 Å². The van der Waals surface area contributed by atoms with Crippen LogP contribution in [-0.4, -0.2) is 19.4 Å². The highest BCUT2D eigenvalue weighted by molar-refractivity contribution is 5.85. The molecule has 3 rings (SSSR count). The molecule has 1 atom stereocenters. The lowest BCUT2D eigenvalue weighted by atomic mass is 9.69. The summed E-state index contributed by atoms with van der Waals surface area (Å²) in [5.41, 5.74) is 4.03. The molecule has 0 bridgehead atoms. The Balaban J connectivity index is 0.00000261. The molecule has 1 unspecified atom stereocenters. The van der Waals surface area contributed by atoms with Gasteiger partial charge in [-0.1, -0.05) is 80.8 Å². The van der Waals surface area contributed by atoms with E-state index < -0.39 is 0 Å². The first-order valence-electron chi connectivity index (χ1n) is 10.1. The average Bonchev–Trinajstić information content (AvgIpc) is 2.71. The summed E-state index contributed by atoms with van der Waals surface area (Å²) in [6, 6.07) is 19.6. The normalized spacial score (nSPS) is 18.9. The van der Waals surface area contributed by atoms with Crippen molar-refractivity contribution in [3.05, 3.63) is 71.3 Å². The van der Waals surface area contributed by atoms with Gasteiger partial charge in [-0.25, -0.2) is 0 Å². The van der Waals surface area contributed by atoms with Crippen molar-refractivity contribution in [1.29, 1.82) is 0 Å². The molecule has 0 fully saturated rings. The summed E-state index contributed by atoms with van der Waals surface area (Å²) in [4.78, 5) is 4.64. The Bertz CT molecular complexity index is 701. The van der Waals surface area contributed by atoms with E-state index >= 15 is 0 Å². The maximum atomic E-state index is 6.04. The molecule has 2 nitrogen and oxygen atoms in total. The number of aliphatic imine (C=N–C) groups is 1. The maximum Gasteiger partial charge on any atom is 0.0720 e. The van der Waals surface area contributed by atoms with Crippen molar-refractivity contribution in [2.45, 2.75) is 57.5 Å². The van der Waals surface area contributed by atoms with Gasteiger partial charge >= 0.3 is 0 Å². The summed E-state index contributed by atoms with van der Waals surface area (Å²) in [5.74, 6) is 0. The van der Waals surface area contributed by atoms with Gasteiger partial charge in [0, 0.05) is 12.0 Å². The summed E-state index contributed by atoms with van der Waals surface area (Å²) in [6.07, 6.45) is 9.26. The van der Waals surface area contributed by atoms with Crippen molar-refractivity contribution < 1.29 is 4.74 Å². The van der Waals surface area contributed by atoms with E-state index in [0.717, 1.165) is 32.6 Å². The molecule has 1 aliphatic heterocycles. The zero-order chi connectivity index (χ0) is 18.1. The Hall–Kier alpha value is -1.64. The van der Waals surface area contributed by atoms with Crippen molar-refractivity contribution in [3.8, 4) is 0 Å². The largest absolute Gasteiger partial charge is 0.375 e. The SMILES string of the molecule is CCCCCCN=CCCC1(c2ccccc2)COCc2ccccc21.Cl. The number of ether oxygens (including phenoxy) is 1. The van der Waals surface area contributed by atoms with Crippen molar-refractivity contribution in [2.75, 3.05) is 13.2 Å². The molecule has 0 spiro atoms. The van der Waals surface area contributed by atoms with Crippen LogP contribution in [0.5, 0.6) is 0 Å². The van der Waals surface area contributed by atoms with Gasteiger partial charge in [0.05, 0.1) is 13.2 Å². The zero-order valence-electron chi connectivity index (χ0n) is 16.4. The van der Waals surface area contributed by atoms with Crippen LogP contribution in [0.2, 0.25) is 0 Å². The monoisotopic (exact) mass is 385 g/mol. The zero-order valence-corrected chi connectivity index (χ0v) is 17.2. The Labute approximate surface area is 170 Å². The lowest BCUT2D eigenvalue weighted by Gasteiger charge is -2.39. The highest BCUT2D eigenvalue weighted by Crippen LogP contribution is 2.41. The molecule has 0 radical (unpaired) electrons. The van der Waals surface area contributed by atoms with E-state index in [2.05, 4.69) is 72.7 Å². The molecule has 3 heteroatoms. The fourth-order valence-electron chi connectivity index (χ4n) is 4.00.